The second-order valence-corrected chi connectivity index (χ2v) is 10.3. The van der Waals surface area contributed by atoms with Gasteiger partial charge in [-0.1, -0.05) is 6.92 Å². The number of Topliss-reactive ketones (excluding diaryl/α,β-unsaturated/α-hetero) is 1. The molecule has 0 saturated carbocycles. The maximum Gasteiger partial charge on any atom is 0.236 e. The van der Waals surface area contributed by atoms with E-state index in [1.165, 1.54) is 13.0 Å². The summed E-state index contributed by atoms with van der Waals surface area (Å²) in [5.41, 5.74) is 0.783. The maximum atomic E-state index is 14.4. The molecule has 0 radical (unpaired) electrons. The van der Waals surface area contributed by atoms with Crippen LogP contribution in [0.15, 0.2) is 18.2 Å². The predicted octanol–water partition coefficient (Wildman–Crippen LogP) is 1.58. The van der Waals surface area contributed by atoms with E-state index in [1.807, 2.05) is 16.7 Å². The largest absolute Gasteiger partial charge is 0.366 e. The number of sulfone groups is 1. The number of benzene rings is 1. The molecule has 0 N–H and O–H groups in total. The van der Waals surface area contributed by atoms with Crippen molar-refractivity contribution in [2.45, 2.75) is 32.7 Å². The Balaban J connectivity index is 1.57. The Kier molecular flexibility index (Phi) is 7.13. The predicted molar refractivity (Wildman–Crippen MR) is 114 cm³/mol. The molecule has 0 aromatic heterocycles. The zero-order valence-corrected chi connectivity index (χ0v) is 18.5. The van der Waals surface area contributed by atoms with Crippen molar-refractivity contribution < 1.29 is 22.4 Å². The van der Waals surface area contributed by atoms with Crippen LogP contribution in [0, 0.1) is 5.82 Å². The Hall–Kier alpha value is -2.00. The van der Waals surface area contributed by atoms with Crippen LogP contribution in [0.5, 0.6) is 0 Å². The van der Waals surface area contributed by atoms with Gasteiger partial charge in [0.25, 0.3) is 0 Å². The van der Waals surface area contributed by atoms with Crippen LogP contribution in [-0.4, -0.2) is 86.7 Å². The molecule has 2 aliphatic heterocycles. The molecule has 30 heavy (non-hydrogen) atoms. The number of carbonyl (C=O) groups is 2. The van der Waals surface area contributed by atoms with Crippen molar-refractivity contribution in [3.8, 4) is 0 Å². The van der Waals surface area contributed by atoms with Crippen LogP contribution in [0.25, 0.3) is 0 Å². The first-order valence-electron chi connectivity index (χ1n) is 10.5. The average Bonchev–Trinajstić information content (AvgIpc) is 3.07. The van der Waals surface area contributed by atoms with E-state index in [0.717, 1.165) is 6.42 Å². The number of rotatable bonds is 7. The highest BCUT2D eigenvalue weighted by Crippen LogP contribution is 2.23. The lowest BCUT2D eigenvalue weighted by Crippen LogP contribution is -2.52. The number of hydrogen-bond acceptors (Lipinski definition) is 6. The van der Waals surface area contributed by atoms with E-state index in [1.54, 1.807) is 17.0 Å². The normalized spacial score (nSPS) is 21.3. The molecular weight excluding hydrogens is 409 g/mol. The number of hydrogen-bond donors (Lipinski definition) is 0. The molecule has 1 atom stereocenters. The Morgan fingerprint density at radius 3 is 2.43 bits per heavy atom. The van der Waals surface area contributed by atoms with E-state index in [4.69, 9.17) is 0 Å². The highest BCUT2D eigenvalue weighted by atomic mass is 32.2. The summed E-state index contributed by atoms with van der Waals surface area (Å²) in [6.45, 7) is 6.31. The molecule has 1 aromatic carbocycles. The average molecular weight is 440 g/mol. The van der Waals surface area contributed by atoms with Crippen LogP contribution in [0.3, 0.4) is 0 Å². The summed E-state index contributed by atoms with van der Waals surface area (Å²) >= 11 is 0. The Labute approximate surface area is 177 Å². The van der Waals surface area contributed by atoms with Crippen LogP contribution in [0.4, 0.5) is 10.1 Å². The van der Waals surface area contributed by atoms with E-state index in [0.29, 0.717) is 50.4 Å². The molecule has 1 unspecified atom stereocenters. The Morgan fingerprint density at radius 2 is 1.90 bits per heavy atom. The maximum absolute atomic E-state index is 14.4. The van der Waals surface area contributed by atoms with Gasteiger partial charge in [-0.15, -0.1) is 0 Å². The van der Waals surface area contributed by atoms with Crippen LogP contribution < -0.4 is 4.90 Å². The van der Waals surface area contributed by atoms with Crippen molar-refractivity contribution in [2.24, 2.45) is 0 Å². The van der Waals surface area contributed by atoms with Gasteiger partial charge in [0.15, 0.2) is 15.6 Å². The van der Waals surface area contributed by atoms with Gasteiger partial charge in [0.05, 0.1) is 23.7 Å². The summed E-state index contributed by atoms with van der Waals surface area (Å²) in [4.78, 5) is 29.9. The van der Waals surface area contributed by atoms with Gasteiger partial charge in [0.2, 0.25) is 5.91 Å². The van der Waals surface area contributed by atoms with Crippen LogP contribution in [-0.2, 0) is 14.6 Å². The smallest absolute Gasteiger partial charge is 0.236 e. The fraction of sp³-hybridized carbons (Fsp3) is 0.619. The van der Waals surface area contributed by atoms with Crippen molar-refractivity contribution in [1.82, 2.24) is 9.80 Å². The lowest BCUT2D eigenvalue weighted by Gasteiger charge is -2.37. The second kappa shape index (κ2) is 9.43. The molecular formula is C21H30FN3O4S. The number of halogens is 1. The first-order valence-corrected chi connectivity index (χ1v) is 12.3. The Morgan fingerprint density at radius 1 is 1.20 bits per heavy atom. The number of anilines is 1. The molecule has 0 aliphatic carbocycles. The number of nitrogens with zero attached hydrogens (tertiary/aromatic N) is 3. The number of carbonyl (C=O) groups excluding carboxylic acids is 2. The van der Waals surface area contributed by atoms with E-state index in [2.05, 4.69) is 0 Å². The molecule has 0 bridgehead atoms. The van der Waals surface area contributed by atoms with Gasteiger partial charge in [-0.25, -0.2) is 12.8 Å². The van der Waals surface area contributed by atoms with Gasteiger partial charge in [-0.05, 0) is 44.5 Å². The summed E-state index contributed by atoms with van der Waals surface area (Å²) in [7, 11) is -3.00. The van der Waals surface area contributed by atoms with Gasteiger partial charge < -0.3 is 9.80 Å². The number of piperazine rings is 1. The third kappa shape index (κ3) is 5.37. The van der Waals surface area contributed by atoms with Gasteiger partial charge in [-0.3, -0.25) is 14.5 Å². The Bertz CT molecular complexity index is 898. The molecule has 9 heteroatoms. The van der Waals surface area contributed by atoms with Crippen LogP contribution >= 0.6 is 0 Å². The molecule has 2 heterocycles. The van der Waals surface area contributed by atoms with Gasteiger partial charge in [0, 0.05) is 37.8 Å². The lowest BCUT2D eigenvalue weighted by atomic mass is 10.1. The standard InChI is InChI=1S/C21H30FN3O4S/c1-3-7-25(18-6-12-30(28,29)15-18)14-21(27)24-10-8-23(9-11-24)20-5-4-17(16(2)26)13-19(20)22/h4-5,13,18H,3,6-12,14-15H2,1-2H3. The molecule has 2 fully saturated rings. The van der Waals surface area contributed by atoms with E-state index < -0.39 is 15.7 Å². The molecule has 166 valence electrons. The molecule has 2 saturated heterocycles. The summed E-state index contributed by atoms with van der Waals surface area (Å²) in [6.07, 6.45) is 1.44. The molecule has 3 rings (SSSR count). The minimum absolute atomic E-state index is 0.0141. The monoisotopic (exact) mass is 439 g/mol. The lowest BCUT2D eigenvalue weighted by molar-refractivity contribution is -0.133. The van der Waals surface area contributed by atoms with Gasteiger partial charge >= 0.3 is 0 Å². The van der Waals surface area contributed by atoms with Crippen LogP contribution in [0.2, 0.25) is 0 Å². The topological polar surface area (TPSA) is 78.0 Å². The van der Waals surface area contributed by atoms with Crippen molar-refractivity contribution in [1.29, 1.82) is 0 Å². The molecule has 1 amide bonds. The van der Waals surface area contributed by atoms with Gasteiger partial charge in [0.1, 0.15) is 5.82 Å². The SMILES string of the molecule is CCCN(CC(=O)N1CCN(c2ccc(C(C)=O)cc2F)CC1)C1CCS(=O)(=O)C1. The first-order chi connectivity index (χ1) is 14.2. The number of amides is 1. The summed E-state index contributed by atoms with van der Waals surface area (Å²) in [6, 6.07) is 4.41. The summed E-state index contributed by atoms with van der Waals surface area (Å²) in [5.74, 6) is -0.302. The minimum Gasteiger partial charge on any atom is -0.366 e. The third-order valence-electron chi connectivity index (χ3n) is 5.90. The quantitative estimate of drug-likeness (QED) is 0.601. The highest BCUT2D eigenvalue weighted by Gasteiger charge is 2.34. The fourth-order valence-electron chi connectivity index (χ4n) is 4.19. The summed E-state index contributed by atoms with van der Waals surface area (Å²) in [5, 5.41) is 0. The van der Waals surface area contributed by atoms with E-state index in [-0.39, 0.29) is 35.8 Å². The van der Waals surface area contributed by atoms with Crippen molar-refractivity contribution in [2.75, 3.05) is 55.7 Å². The van der Waals surface area contributed by atoms with E-state index >= 15 is 0 Å². The van der Waals surface area contributed by atoms with Crippen molar-refractivity contribution in [3.63, 3.8) is 0 Å². The molecule has 0 spiro atoms. The second-order valence-electron chi connectivity index (χ2n) is 8.12. The van der Waals surface area contributed by atoms with Crippen molar-refractivity contribution in [3.05, 3.63) is 29.6 Å². The molecule has 7 nitrogen and oxygen atoms in total. The number of ketones is 1. The zero-order chi connectivity index (χ0) is 21.9. The first kappa shape index (κ1) is 22.7. The highest BCUT2D eigenvalue weighted by molar-refractivity contribution is 7.91. The summed E-state index contributed by atoms with van der Waals surface area (Å²) < 4.78 is 38.0. The van der Waals surface area contributed by atoms with Gasteiger partial charge in [-0.2, -0.15) is 0 Å². The third-order valence-corrected chi connectivity index (χ3v) is 7.65. The molecule has 2 aliphatic rings. The molecule has 1 aromatic rings. The van der Waals surface area contributed by atoms with Crippen molar-refractivity contribution >= 4 is 27.2 Å². The minimum atomic E-state index is -3.00. The van der Waals surface area contributed by atoms with Crippen LogP contribution in [0.1, 0.15) is 37.0 Å². The zero-order valence-electron chi connectivity index (χ0n) is 17.6. The van der Waals surface area contributed by atoms with E-state index in [9.17, 15) is 22.4 Å². The fourth-order valence-corrected chi connectivity index (χ4v) is 5.96.